The summed E-state index contributed by atoms with van der Waals surface area (Å²) >= 11 is 0. The summed E-state index contributed by atoms with van der Waals surface area (Å²) in [5.41, 5.74) is 0.919. The number of likely N-dealkylation sites (N-methyl/N-ethyl adjacent to an activating group) is 1. The maximum absolute atomic E-state index is 12.8. The number of amides is 1. The van der Waals surface area contributed by atoms with Crippen LogP contribution >= 0.6 is 0 Å². The number of piperidine rings is 1. The summed E-state index contributed by atoms with van der Waals surface area (Å²) in [7, 11) is 2.03. The lowest BCUT2D eigenvalue weighted by Crippen LogP contribution is -2.74. The molecule has 194 valence electrons. The predicted octanol–water partition coefficient (Wildman–Crippen LogP) is 2.52. The van der Waals surface area contributed by atoms with Gasteiger partial charge in [0.15, 0.2) is 17.6 Å². The van der Waals surface area contributed by atoms with Crippen molar-refractivity contribution in [3.8, 4) is 11.5 Å². The van der Waals surface area contributed by atoms with Crippen LogP contribution in [0.15, 0.2) is 54.3 Å². The Morgan fingerprint density at radius 2 is 2.03 bits per heavy atom. The molecular weight excluding hydrogens is 472 g/mol. The predicted molar refractivity (Wildman–Crippen MR) is 135 cm³/mol. The molecule has 6 rings (SSSR count). The second-order valence-electron chi connectivity index (χ2n) is 10.8. The molecule has 3 N–H and O–H groups in total. The summed E-state index contributed by atoms with van der Waals surface area (Å²) in [6.07, 6.45) is 2.66. The number of esters is 1. The van der Waals surface area contributed by atoms with Crippen LogP contribution in [0.4, 0.5) is 0 Å². The normalized spacial score (nSPS) is 30.0. The van der Waals surface area contributed by atoms with E-state index in [0.717, 1.165) is 23.2 Å². The van der Waals surface area contributed by atoms with Gasteiger partial charge in [-0.3, -0.25) is 9.59 Å². The number of phenols is 1. The lowest BCUT2D eigenvalue weighted by Gasteiger charge is -2.61. The third kappa shape index (κ3) is 3.42. The highest BCUT2D eigenvalue weighted by atomic mass is 16.6. The van der Waals surface area contributed by atoms with Gasteiger partial charge in [0.25, 0.3) is 0 Å². The fourth-order valence-electron chi connectivity index (χ4n) is 6.95. The van der Waals surface area contributed by atoms with E-state index < -0.39 is 23.1 Å². The van der Waals surface area contributed by atoms with Gasteiger partial charge in [-0.05, 0) is 56.6 Å². The Labute approximate surface area is 215 Å². The van der Waals surface area contributed by atoms with E-state index in [4.69, 9.17) is 9.47 Å². The van der Waals surface area contributed by atoms with Crippen molar-refractivity contribution in [2.24, 2.45) is 0 Å². The summed E-state index contributed by atoms with van der Waals surface area (Å²) < 4.78 is 12.1. The molecule has 1 fully saturated rings. The SMILES string of the molecule is CC(C(=O)NCCC(=O)OC1=CC[C@@]2(O)[C@H]3Cc4ccc(O)c5c4[C@@]2(CCN3C)[C@H]1O5)c1ccccc1. The number of ether oxygens (including phenoxy) is 2. The first-order chi connectivity index (χ1) is 17.8. The van der Waals surface area contributed by atoms with Crippen molar-refractivity contribution in [2.45, 2.75) is 61.7 Å². The number of aliphatic hydroxyl groups is 1. The van der Waals surface area contributed by atoms with Crippen molar-refractivity contribution in [2.75, 3.05) is 20.1 Å². The van der Waals surface area contributed by atoms with Crippen molar-refractivity contribution in [1.29, 1.82) is 0 Å². The molecule has 2 aliphatic carbocycles. The second-order valence-corrected chi connectivity index (χ2v) is 10.8. The lowest BCUT2D eigenvalue weighted by atomic mass is 9.50. The van der Waals surface area contributed by atoms with E-state index in [1.165, 1.54) is 0 Å². The van der Waals surface area contributed by atoms with Crippen molar-refractivity contribution < 1.29 is 29.3 Å². The Kier molecular flexibility index (Phi) is 5.58. The molecular formula is C29H32N2O6. The number of carbonyl (C=O) groups excluding carboxylic acids is 2. The summed E-state index contributed by atoms with van der Waals surface area (Å²) in [4.78, 5) is 27.6. The maximum atomic E-state index is 12.8. The molecule has 8 heteroatoms. The van der Waals surface area contributed by atoms with Crippen LogP contribution in [-0.2, 0) is 26.2 Å². The van der Waals surface area contributed by atoms with Crippen LogP contribution in [0.5, 0.6) is 11.5 Å². The highest BCUT2D eigenvalue weighted by Crippen LogP contribution is 2.65. The van der Waals surface area contributed by atoms with Gasteiger partial charge in [-0.2, -0.15) is 0 Å². The molecule has 1 unspecified atom stereocenters. The zero-order valence-electron chi connectivity index (χ0n) is 21.1. The topological polar surface area (TPSA) is 108 Å². The summed E-state index contributed by atoms with van der Waals surface area (Å²) in [6.45, 7) is 2.74. The number of benzene rings is 2. The number of nitrogens with one attached hydrogen (secondary N) is 1. The quantitative estimate of drug-likeness (QED) is 0.519. The third-order valence-electron chi connectivity index (χ3n) is 8.91. The standard InChI is InChI=1S/C29H32N2O6/c1-17(18-6-4-3-5-7-18)27(34)30-14-11-23(33)36-21-10-12-29(35)22-16-19-8-9-20(32)25-24(19)28(29,26(21)37-25)13-15-31(22)2/h3-10,17,22,26,32,35H,11-16H2,1-2H3,(H,30,34)/t17?,22-,26+,28+,29-/m1/s1. The minimum absolute atomic E-state index is 0.00336. The minimum atomic E-state index is -1.10. The van der Waals surface area contributed by atoms with E-state index in [9.17, 15) is 19.8 Å². The van der Waals surface area contributed by atoms with Gasteiger partial charge in [0, 0.05) is 24.6 Å². The van der Waals surface area contributed by atoms with Crippen LogP contribution in [-0.4, -0.2) is 64.9 Å². The van der Waals surface area contributed by atoms with E-state index in [-0.39, 0.29) is 36.6 Å². The van der Waals surface area contributed by atoms with Gasteiger partial charge in [-0.25, -0.2) is 0 Å². The molecule has 1 amide bonds. The van der Waals surface area contributed by atoms with Gasteiger partial charge in [0.05, 0.1) is 23.4 Å². The van der Waals surface area contributed by atoms with Gasteiger partial charge in [0.1, 0.15) is 5.76 Å². The van der Waals surface area contributed by atoms with E-state index in [1.54, 1.807) is 12.1 Å². The number of rotatable bonds is 6. The van der Waals surface area contributed by atoms with Crippen LogP contribution in [0.1, 0.15) is 48.8 Å². The van der Waals surface area contributed by atoms with Crippen LogP contribution in [0.25, 0.3) is 0 Å². The number of nitrogens with zero attached hydrogens (tertiary/aromatic N) is 1. The second kappa shape index (κ2) is 8.60. The molecule has 2 bridgehead atoms. The molecule has 2 heterocycles. The Morgan fingerprint density at radius 3 is 2.81 bits per heavy atom. The first kappa shape index (κ1) is 24.0. The van der Waals surface area contributed by atoms with E-state index in [1.807, 2.05) is 50.4 Å². The number of phenolic OH excluding ortho intramolecular Hbond substituents is 1. The molecule has 0 aromatic heterocycles. The largest absolute Gasteiger partial charge is 0.504 e. The first-order valence-corrected chi connectivity index (χ1v) is 12.9. The zero-order chi connectivity index (χ0) is 25.9. The van der Waals surface area contributed by atoms with Gasteiger partial charge < -0.3 is 29.9 Å². The molecule has 2 aromatic carbocycles. The smallest absolute Gasteiger partial charge is 0.312 e. The Bertz CT molecular complexity index is 1290. The third-order valence-corrected chi connectivity index (χ3v) is 8.91. The van der Waals surface area contributed by atoms with Crippen LogP contribution < -0.4 is 10.1 Å². The maximum Gasteiger partial charge on any atom is 0.312 e. The fourth-order valence-corrected chi connectivity index (χ4v) is 6.95. The molecule has 1 saturated heterocycles. The molecule has 0 saturated carbocycles. The Balaban J connectivity index is 1.19. The zero-order valence-corrected chi connectivity index (χ0v) is 21.1. The summed E-state index contributed by atoms with van der Waals surface area (Å²) in [6, 6.07) is 12.9. The van der Waals surface area contributed by atoms with Crippen LogP contribution in [0.3, 0.4) is 0 Å². The first-order valence-electron chi connectivity index (χ1n) is 12.9. The van der Waals surface area contributed by atoms with E-state index in [0.29, 0.717) is 30.8 Å². The highest BCUT2D eigenvalue weighted by Gasteiger charge is 2.72. The molecule has 1 spiro atoms. The number of carbonyl (C=O) groups is 2. The highest BCUT2D eigenvalue weighted by molar-refractivity contribution is 5.83. The number of aromatic hydroxyl groups is 1. The summed E-state index contributed by atoms with van der Waals surface area (Å²) in [5, 5.41) is 25.6. The van der Waals surface area contributed by atoms with Gasteiger partial charge in [0.2, 0.25) is 5.91 Å². The molecule has 0 radical (unpaired) electrons. The van der Waals surface area contributed by atoms with Crippen molar-refractivity contribution in [1.82, 2.24) is 10.2 Å². The van der Waals surface area contributed by atoms with Gasteiger partial charge in [-0.1, -0.05) is 36.4 Å². The van der Waals surface area contributed by atoms with Crippen molar-refractivity contribution >= 4 is 11.9 Å². The molecule has 2 aliphatic heterocycles. The Morgan fingerprint density at radius 1 is 1.24 bits per heavy atom. The van der Waals surface area contributed by atoms with Crippen molar-refractivity contribution in [3.05, 3.63) is 71.0 Å². The van der Waals surface area contributed by atoms with E-state index in [2.05, 4.69) is 10.2 Å². The minimum Gasteiger partial charge on any atom is -0.504 e. The van der Waals surface area contributed by atoms with Gasteiger partial charge in [-0.15, -0.1) is 0 Å². The van der Waals surface area contributed by atoms with Gasteiger partial charge >= 0.3 is 5.97 Å². The van der Waals surface area contributed by atoms with Crippen LogP contribution in [0.2, 0.25) is 0 Å². The number of likely N-dealkylation sites (tertiary alicyclic amines) is 1. The van der Waals surface area contributed by atoms with E-state index >= 15 is 0 Å². The lowest BCUT2D eigenvalue weighted by molar-refractivity contribution is -0.169. The molecule has 8 nitrogen and oxygen atoms in total. The molecule has 5 atom stereocenters. The number of hydrogen-bond acceptors (Lipinski definition) is 7. The molecule has 37 heavy (non-hydrogen) atoms. The monoisotopic (exact) mass is 504 g/mol. The van der Waals surface area contributed by atoms with Crippen molar-refractivity contribution in [3.63, 3.8) is 0 Å². The average Bonchev–Trinajstić information content (AvgIpc) is 3.25. The fraction of sp³-hybridized carbons (Fsp3) is 0.448. The molecule has 2 aromatic rings. The van der Waals surface area contributed by atoms with Crippen LogP contribution in [0, 0.1) is 0 Å². The summed E-state index contributed by atoms with van der Waals surface area (Å²) in [5.74, 6) is -0.184. The average molecular weight is 505 g/mol. The molecule has 4 aliphatic rings. The number of hydrogen-bond donors (Lipinski definition) is 3. The Hall–Kier alpha value is -3.36.